The maximum Gasteiger partial charge on any atom is 0.170 e. The third-order valence-corrected chi connectivity index (χ3v) is 3.27. The van der Waals surface area contributed by atoms with E-state index >= 15 is 0 Å². The first-order valence-corrected chi connectivity index (χ1v) is 5.72. The van der Waals surface area contributed by atoms with Crippen molar-refractivity contribution in [3.05, 3.63) is 46.2 Å². The van der Waals surface area contributed by atoms with Gasteiger partial charge < -0.3 is 10.9 Å². The van der Waals surface area contributed by atoms with Crippen molar-refractivity contribution >= 4 is 17.4 Å². The summed E-state index contributed by atoms with van der Waals surface area (Å²) in [6.45, 7) is 3.76. The fourth-order valence-electron chi connectivity index (χ4n) is 1.71. The van der Waals surface area contributed by atoms with Gasteiger partial charge in [0.05, 0.1) is 22.1 Å². The Hall–Kier alpha value is -2.01. The van der Waals surface area contributed by atoms with E-state index in [1.807, 2.05) is 26.0 Å². The average molecular weight is 265 g/mol. The summed E-state index contributed by atoms with van der Waals surface area (Å²) in [6, 6.07) is 7.19. The lowest BCUT2D eigenvalue weighted by atomic mass is 10.2. The molecule has 6 heteroatoms. The van der Waals surface area contributed by atoms with Crippen molar-refractivity contribution < 1.29 is 5.21 Å². The van der Waals surface area contributed by atoms with Crippen LogP contribution in [0.1, 0.15) is 17.0 Å². The zero-order valence-electron chi connectivity index (χ0n) is 10.1. The van der Waals surface area contributed by atoms with Crippen LogP contribution < -0.4 is 5.73 Å². The van der Waals surface area contributed by atoms with Gasteiger partial charge >= 0.3 is 0 Å². The van der Waals surface area contributed by atoms with Crippen LogP contribution in [0.4, 0.5) is 0 Å². The summed E-state index contributed by atoms with van der Waals surface area (Å²) >= 11 is 6.10. The number of rotatable bonds is 2. The molecule has 0 aliphatic rings. The average Bonchev–Trinajstić information content (AvgIpc) is 2.66. The first kappa shape index (κ1) is 12.4. The lowest BCUT2D eigenvalue weighted by Gasteiger charge is -2.05. The minimum absolute atomic E-state index is 0.0768. The van der Waals surface area contributed by atoms with Crippen LogP contribution >= 0.6 is 11.6 Å². The Morgan fingerprint density at radius 3 is 2.39 bits per heavy atom. The van der Waals surface area contributed by atoms with Gasteiger partial charge in [-0.05, 0) is 38.1 Å². The van der Waals surface area contributed by atoms with E-state index in [4.69, 9.17) is 22.5 Å². The quantitative estimate of drug-likeness (QED) is 0.378. The first-order valence-electron chi connectivity index (χ1n) is 5.34. The maximum absolute atomic E-state index is 8.59. The van der Waals surface area contributed by atoms with Gasteiger partial charge in [0.1, 0.15) is 0 Å². The molecule has 0 aliphatic heterocycles. The fraction of sp³-hybridized carbons (Fsp3) is 0.167. The Morgan fingerprint density at radius 2 is 1.94 bits per heavy atom. The molecular weight excluding hydrogens is 252 g/mol. The van der Waals surface area contributed by atoms with E-state index in [2.05, 4.69) is 10.3 Å². The van der Waals surface area contributed by atoms with Crippen molar-refractivity contribution in [3.63, 3.8) is 0 Å². The summed E-state index contributed by atoms with van der Waals surface area (Å²) in [5, 5.41) is 16.5. The van der Waals surface area contributed by atoms with Gasteiger partial charge in [-0.3, -0.25) is 0 Å². The highest BCUT2D eigenvalue weighted by Gasteiger charge is 2.10. The molecule has 18 heavy (non-hydrogen) atoms. The number of hydrogen-bond acceptors (Lipinski definition) is 3. The molecule has 0 saturated heterocycles. The van der Waals surface area contributed by atoms with Crippen molar-refractivity contribution in [3.8, 4) is 5.69 Å². The molecule has 3 N–H and O–H groups in total. The van der Waals surface area contributed by atoms with Crippen molar-refractivity contribution in [2.75, 3.05) is 0 Å². The fourth-order valence-corrected chi connectivity index (χ4v) is 1.82. The van der Waals surface area contributed by atoms with Crippen molar-refractivity contribution in [1.29, 1.82) is 0 Å². The molecule has 0 amide bonds. The van der Waals surface area contributed by atoms with Gasteiger partial charge in [-0.15, -0.1) is 0 Å². The van der Waals surface area contributed by atoms with Crippen LogP contribution in [0.15, 0.2) is 29.4 Å². The maximum atomic E-state index is 8.59. The predicted octanol–water partition coefficient (Wildman–Crippen LogP) is 2.24. The summed E-state index contributed by atoms with van der Waals surface area (Å²) < 4.78 is 1.76. The molecule has 0 unspecified atom stereocenters. The second-order valence-corrected chi connectivity index (χ2v) is 4.31. The standard InChI is InChI=1S/C12H13ClN4O/c1-7-11(13)8(2)17(15-7)10-5-3-9(4-6-10)12(14)16-18/h3-6,18H,1-2H3,(H2,14,16). The van der Waals surface area contributed by atoms with E-state index in [0.717, 1.165) is 17.1 Å². The summed E-state index contributed by atoms with van der Waals surface area (Å²) in [5.41, 5.74) is 8.68. The lowest BCUT2D eigenvalue weighted by Crippen LogP contribution is -2.13. The second-order valence-electron chi connectivity index (χ2n) is 3.93. The second kappa shape index (κ2) is 4.70. The Balaban J connectivity index is 2.43. The summed E-state index contributed by atoms with van der Waals surface area (Å²) in [5.74, 6) is 0.0768. The first-order chi connectivity index (χ1) is 8.54. The van der Waals surface area contributed by atoms with Gasteiger partial charge in [0.25, 0.3) is 0 Å². The van der Waals surface area contributed by atoms with Crippen LogP contribution in [0.5, 0.6) is 0 Å². The Labute approximate surface area is 109 Å². The molecule has 0 aliphatic carbocycles. The topological polar surface area (TPSA) is 76.4 Å². The van der Waals surface area contributed by atoms with E-state index in [1.165, 1.54) is 0 Å². The van der Waals surface area contributed by atoms with Gasteiger partial charge in [-0.2, -0.15) is 5.10 Å². The number of aryl methyl sites for hydroxylation is 1. The van der Waals surface area contributed by atoms with Crippen molar-refractivity contribution in [2.45, 2.75) is 13.8 Å². The Kier molecular flexibility index (Phi) is 3.25. The highest BCUT2D eigenvalue weighted by Crippen LogP contribution is 2.22. The van der Waals surface area contributed by atoms with Gasteiger partial charge in [-0.1, -0.05) is 16.8 Å². The zero-order valence-corrected chi connectivity index (χ0v) is 10.8. The van der Waals surface area contributed by atoms with Crippen LogP contribution in [-0.4, -0.2) is 20.8 Å². The van der Waals surface area contributed by atoms with E-state index in [9.17, 15) is 0 Å². The number of nitrogens with two attached hydrogens (primary N) is 1. The SMILES string of the molecule is Cc1nn(-c2ccc(C(N)=NO)cc2)c(C)c1Cl. The number of amidine groups is 1. The molecule has 2 aromatic rings. The third-order valence-electron chi connectivity index (χ3n) is 2.72. The minimum atomic E-state index is 0.0768. The van der Waals surface area contributed by atoms with E-state index < -0.39 is 0 Å². The Morgan fingerprint density at radius 1 is 1.33 bits per heavy atom. The van der Waals surface area contributed by atoms with Crippen LogP contribution in [-0.2, 0) is 0 Å². The molecule has 94 valence electrons. The van der Waals surface area contributed by atoms with Crippen LogP contribution in [0, 0.1) is 13.8 Å². The number of hydrogen-bond donors (Lipinski definition) is 2. The van der Waals surface area contributed by atoms with Crippen LogP contribution in [0.25, 0.3) is 5.69 Å². The third kappa shape index (κ3) is 2.04. The summed E-state index contributed by atoms with van der Waals surface area (Å²) in [4.78, 5) is 0. The molecular formula is C12H13ClN4O. The number of oxime groups is 1. The molecule has 0 fully saturated rings. The molecule has 0 spiro atoms. The van der Waals surface area contributed by atoms with E-state index in [1.54, 1.807) is 16.8 Å². The molecule has 0 atom stereocenters. The number of halogens is 1. The van der Waals surface area contributed by atoms with Gasteiger partial charge in [0.2, 0.25) is 0 Å². The molecule has 1 aromatic heterocycles. The van der Waals surface area contributed by atoms with Crippen molar-refractivity contribution in [2.24, 2.45) is 10.9 Å². The molecule has 5 nitrogen and oxygen atoms in total. The summed E-state index contributed by atoms with van der Waals surface area (Å²) in [7, 11) is 0. The Bertz CT molecular complexity index is 601. The van der Waals surface area contributed by atoms with Crippen molar-refractivity contribution in [1.82, 2.24) is 9.78 Å². The molecule has 0 saturated carbocycles. The van der Waals surface area contributed by atoms with E-state index in [0.29, 0.717) is 10.6 Å². The van der Waals surface area contributed by atoms with Gasteiger partial charge in [0.15, 0.2) is 5.84 Å². The summed E-state index contributed by atoms with van der Waals surface area (Å²) in [6.07, 6.45) is 0. The number of nitrogens with zero attached hydrogens (tertiary/aromatic N) is 3. The van der Waals surface area contributed by atoms with E-state index in [-0.39, 0.29) is 5.84 Å². The molecule has 0 radical (unpaired) electrons. The zero-order chi connectivity index (χ0) is 13.3. The molecule has 1 heterocycles. The molecule has 1 aromatic carbocycles. The largest absolute Gasteiger partial charge is 0.409 e. The van der Waals surface area contributed by atoms with Crippen LogP contribution in [0.3, 0.4) is 0 Å². The van der Waals surface area contributed by atoms with Crippen LogP contribution in [0.2, 0.25) is 5.02 Å². The molecule has 2 rings (SSSR count). The highest BCUT2D eigenvalue weighted by molar-refractivity contribution is 6.31. The predicted molar refractivity (Wildman–Crippen MR) is 70.6 cm³/mol. The van der Waals surface area contributed by atoms with Gasteiger partial charge in [-0.25, -0.2) is 4.68 Å². The normalized spacial score (nSPS) is 11.8. The lowest BCUT2D eigenvalue weighted by molar-refractivity contribution is 0.318. The number of benzene rings is 1. The number of aromatic nitrogens is 2. The minimum Gasteiger partial charge on any atom is -0.409 e. The molecule has 0 bridgehead atoms. The smallest absolute Gasteiger partial charge is 0.170 e. The highest BCUT2D eigenvalue weighted by atomic mass is 35.5. The monoisotopic (exact) mass is 264 g/mol. The van der Waals surface area contributed by atoms with Gasteiger partial charge in [0, 0.05) is 5.56 Å².